The largest absolute Gasteiger partial charge is 0.480 e. The Morgan fingerprint density at radius 2 is 1.83 bits per heavy atom. The molecule has 0 saturated heterocycles. The van der Waals surface area contributed by atoms with Crippen molar-refractivity contribution in [2.45, 2.75) is 50.6 Å². The number of hydrogen-bond acceptors (Lipinski definition) is 5. The van der Waals surface area contributed by atoms with Gasteiger partial charge in [0.1, 0.15) is 6.04 Å². The van der Waals surface area contributed by atoms with Gasteiger partial charge in [0.15, 0.2) is 0 Å². The summed E-state index contributed by atoms with van der Waals surface area (Å²) in [6.45, 7) is 0.557. The zero-order chi connectivity index (χ0) is 21.9. The number of benzene rings is 1. The smallest absolute Gasteiger partial charge is 0.326 e. The summed E-state index contributed by atoms with van der Waals surface area (Å²) >= 11 is 1.56. The van der Waals surface area contributed by atoms with Gasteiger partial charge in [-0.1, -0.05) is 30.3 Å². The second-order valence-electron chi connectivity index (χ2n) is 7.94. The summed E-state index contributed by atoms with van der Waals surface area (Å²) in [6.07, 6.45) is 5.90. The summed E-state index contributed by atoms with van der Waals surface area (Å²) in [6, 6.07) is 8.28. The Bertz CT molecular complexity index is 693. The number of amides is 2. The van der Waals surface area contributed by atoms with Crippen LogP contribution in [0.2, 0.25) is 0 Å². The molecule has 0 unspecified atom stereocenters. The van der Waals surface area contributed by atoms with Gasteiger partial charge >= 0.3 is 5.97 Å². The standard InChI is InChI=1S/C22H33N3O4S/c1-30-12-11-19(22(28)29)25-20(26)17-9-7-16(8-10-17)14-24-21(27)18(23)13-15-5-3-2-4-6-15/h2-6,16-19H,7-14,23H2,1H3,(H,24,27)(H,25,26)(H,28,29)/t16?,17?,18-,19-/m0/s1. The van der Waals surface area contributed by atoms with E-state index in [-0.39, 0.29) is 17.7 Å². The maximum absolute atomic E-state index is 12.4. The molecule has 0 radical (unpaired) electrons. The number of carboxylic acid groups (broad SMARTS) is 1. The molecular weight excluding hydrogens is 402 g/mol. The monoisotopic (exact) mass is 435 g/mol. The van der Waals surface area contributed by atoms with E-state index >= 15 is 0 Å². The molecule has 1 fully saturated rings. The maximum atomic E-state index is 12.4. The van der Waals surface area contributed by atoms with Crippen molar-refractivity contribution < 1.29 is 19.5 Å². The molecule has 166 valence electrons. The number of thioether (sulfide) groups is 1. The highest BCUT2D eigenvalue weighted by atomic mass is 32.2. The molecule has 0 aromatic heterocycles. The number of carbonyl (C=O) groups is 3. The Hall–Kier alpha value is -2.06. The molecule has 2 amide bonds. The molecule has 7 nitrogen and oxygen atoms in total. The normalized spacial score (nSPS) is 20.7. The van der Waals surface area contributed by atoms with Crippen LogP contribution in [-0.2, 0) is 20.8 Å². The van der Waals surface area contributed by atoms with E-state index in [0.29, 0.717) is 43.9 Å². The first-order valence-electron chi connectivity index (χ1n) is 10.5. The Labute approximate surface area is 182 Å². The summed E-state index contributed by atoms with van der Waals surface area (Å²) in [5.74, 6) is -0.466. The minimum atomic E-state index is -0.986. The Morgan fingerprint density at radius 3 is 2.43 bits per heavy atom. The van der Waals surface area contributed by atoms with Crippen LogP contribution in [0.5, 0.6) is 0 Å². The number of nitrogens with two attached hydrogens (primary N) is 1. The SMILES string of the molecule is CSCC[C@H](NC(=O)C1CCC(CNC(=O)[C@@H](N)Cc2ccccc2)CC1)C(=O)O. The third-order valence-electron chi connectivity index (χ3n) is 5.64. The van der Waals surface area contributed by atoms with Gasteiger partial charge in [0, 0.05) is 12.5 Å². The molecule has 1 aliphatic carbocycles. The number of carboxylic acids is 1. The van der Waals surface area contributed by atoms with E-state index in [1.54, 1.807) is 11.8 Å². The van der Waals surface area contributed by atoms with Crippen molar-refractivity contribution in [2.75, 3.05) is 18.6 Å². The molecule has 0 heterocycles. The summed E-state index contributed by atoms with van der Waals surface area (Å²) in [5, 5.41) is 14.9. The minimum absolute atomic E-state index is 0.156. The fraction of sp³-hybridized carbons (Fsp3) is 0.591. The van der Waals surface area contributed by atoms with Crippen LogP contribution < -0.4 is 16.4 Å². The Balaban J connectivity index is 1.70. The van der Waals surface area contributed by atoms with Gasteiger partial charge in [-0.15, -0.1) is 0 Å². The third kappa shape index (κ3) is 7.99. The van der Waals surface area contributed by atoms with Crippen LogP contribution in [0.15, 0.2) is 30.3 Å². The van der Waals surface area contributed by atoms with E-state index in [1.807, 2.05) is 36.6 Å². The molecule has 0 bridgehead atoms. The summed E-state index contributed by atoms with van der Waals surface area (Å²) in [5.41, 5.74) is 7.05. The van der Waals surface area contributed by atoms with Crippen LogP contribution in [0.3, 0.4) is 0 Å². The topological polar surface area (TPSA) is 122 Å². The predicted molar refractivity (Wildman–Crippen MR) is 119 cm³/mol. The van der Waals surface area contributed by atoms with E-state index in [0.717, 1.165) is 18.4 Å². The van der Waals surface area contributed by atoms with Crippen LogP contribution in [0.1, 0.15) is 37.7 Å². The van der Waals surface area contributed by atoms with E-state index < -0.39 is 18.1 Å². The highest BCUT2D eigenvalue weighted by Crippen LogP contribution is 2.28. The minimum Gasteiger partial charge on any atom is -0.480 e. The fourth-order valence-electron chi connectivity index (χ4n) is 3.75. The lowest BCUT2D eigenvalue weighted by atomic mass is 9.81. The average Bonchev–Trinajstić information content (AvgIpc) is 2.75. The molecule has 2 atom stereocenters. The molecule has 5 N–H and O–H groups in total. The number of carbonyl (C=O) groups excluding carboxylic acids is 2. The summed E-state index contributed by atoms with van der Waals surface area (Å²) in [4.78, 5) is 36.0. The quantitative estimate of drug-likeness (QED) is 0.421. The van der Waals surface area contributed by atoms with Crippen molar-refractivity contribution in [3.05, 3.63) is 35.9 Å². The van der Waals surface area contributed by atoms with Crippen molar-refractivity contribution >= 4 is 29.5 Å². The van der Waals surface area contributed by atoms with Gasteiger partial charge < -0.3 is 21.5 Å². The zero-order valence-corrected chi connectivity index (χ0v) is 18.3. The number of nitrogens with one attached hydrogen (secondary N) is 2. The summed E-state index contributed by atoms with van der Waals surface area (Å²) in [7, 11) is 0. The van der Waals surface area contributed by atoms with Crippen molar-refractivity contribution in [1.82, 2.24) is 10.6 Å². The van der Waals surface area contributed by atoms with Gasteiger partial charge in [0.05, 0.1) is 6.04 Å². The Morgan fingerprint density at radius 1 is 1.17 bits per heavy atom. The van der Waals surface area contributed by atoms with E-state index in [9.17, 15) is 19.5 Å². The van der Waals surface area contributed by atoms with Crippen molar-refractivity contribution in [2.24, 2.45) is 17.6 Å². The first-order chi connectivity index (χ1) is 14.4. The molecule has 0 aliphatic heterocycles. The van der Waals surface area contributed by atoms with E-state index in [4.69, 9.17) is 5.73 Å². The van der Waals surface area contributed by atoms with Crippen LogP contribution in [-0.4, -0.2) is 53.5 Å². The average molecular weight is 436 g/mol. The number of rotatable bonds is 11. The van der Waals surface area contributed by atoms with Crippen LogP contribution >= 0.6 is 11.8 Å². The lowest BCUT2D eigenvalue weighted by molar-refractivity contribution is -0.142. The first kappa shape index (κ1) is 24.2. The first-order valence-corrected chi connectivity index (χ1v) is 11.9. The molecule has 1 aromatic carbocycles. The van der Waals surface area contributed by atoms with Crippen molar-refractivity contribution in [3.8, 4) is 0 Å². The van der Waals surface area contributed by atoms with Crippen molar-refractivity contribution in [3.63, 3.8) is 0 Å². The second kappa shape index (κ2) is 12.6. The predicted octanol–water partition coefficient (Wildman–Crippen LogP) is 1.80. The molecule has 30 heavy (non-hydrogen) atoms. The van der Waals surface area contributed by atoms with Crippen LogP contribution in [0.25, 0.3) is 0 Å². The number of hydrogen-bond donors (Lipinski definition) is 4. The molecule has 8 heteroatoms. The van der Waals surface area contributed by atoms with Crippen LogP contribution in [0.4, 0.5) is 0 Å². The highest BCUT2D eigenvalue weighted by molar-refractivity contribution is 7.98. The third-order valence-corrected chi connectivity index (χ3v) is 6.29. The zero-order valence-electron chi connectivity index (χ0n) is 17.5. The van der Waals surface area contributed by atoms with Gasteiger partial charge in [0.2, 0.25) is 11.8 Å². The van der Waals surface area contributed by atoms with Crippen molar-refractivity contribution in [1.29, 1.82) is 0 Å². The molecule has 1 aromatic rings. The van der Waals surface area contributed by atoms with E-state index in [2.05, 4.69) is 10.6 Å². The maximum Gasteiger partial charge on any atom is 0.326 e. The fourth-order valence-corrected chi connectivity index (χ4v) is 4.22. The molecule has 2 rings (SSSR count). The van der Waals surface area contributed by atoms with Crippen LogP contribution in [0, 0.1) is 11.8 Å². The summed E-state index contributed by atoms with van der Waals surface area (Å²) < 4.78 is 0. The van der Waals surface area contributed by atoms with Gasteiger partial charge in [-0.05, 0) is 62.0 Å². The highest BCUT2D eigenvalue weighted by Gasteiger charge is 2.29. The molecule has 1 aliphatic rings. The molecular formula is C22H33N3O4S. The lowest BCUT2D eigenvalue weighted by Crippen LogP contribution is -2.46. The molecule has 0 spiro atoms. The van der Waals surface area contributed by atoms with Gasteiger partial charge in [0.25, 0.3) is 0 Å². The molecule has 1 saturated carbocycles. The Kier molecular flexibility index (Phi) is 10.2. The van der Waals surface area contributed by atoms with Gasteiger partial charge in [-0.3, -0.25) is 9.59 Å². The number of aliphatic carboxylic acids is 1. The van der Waals surface area contributed by atoms with E-state index in [1.165, 1.54) is 0 Å². The lowest BCUT2D eigenvalue weighted by Gasteiger charge is -2.29. The van der Waals surface area contributed by atoms with Gasteiger partial charge in [-0.2, -0.15) is 11.8 Å². The second-order valence-corrected chi connectivity index (χ2v) is 8.93. The van der Waals surface area contributed by atoms with Gasteiger partial charge in [-0.25, -0.2) is 4.79 Å².